The lowest BCUT2D eigenvalue weighted by Crippen LogP contribution is -2.47. The van der Waals surface area contributed by atoms with Crippen molar-refractivity contribution >= 4 is 87.9 Å². The number of hydrogen-bond donors (Lipinski definition) is 7. The van der Waals surface area contributed by atoms with Crippen molar-refractivity contribution in [2.24, 2.45) is 5.92 Å². The van der Waals surface area contributed by atoms with E-state index in [0.29, 0.717) is 55.7 Å². The third-order valence-electron chi connectivity index (χ3n) is 9.99. The standard InChI is InChI=1S/C42H60IN7O16/c43-31-9-7-8-30(24-31)42(65)46-17-5-6-18-49(28-40(62)63)36(55)25-48(27-39(60)61)21-20-47(26-38(58)59)19-14-29(23-37(56)57)22-33(52)45-16-4-3-15-44-32(51)10-1-2-11-41(64)66-50-34(53)12-13-35(50)54/h7-9,24,29H,1-6,10-23,25-28H2,(H,44,51)(H,45,52)(H,46,65)(H,56,57)(H,58,59)(H,60,61)(H,62,63). The van der Waals surface area contributed by atoms with E-state index in [1.807, 2.05) is 6.07 Å². The number of unbranched alkanes of at least 4 members (excludes halogenated alkanes) is 3. The summed E-state index contributed by atoms with van der Waals surface area (Å²) in [6.07, 6.45) is 1.98. The molecule has 1 aliphatic rings. The Morgan fingerprint density at radius 1 is 0.636 bits per heavy atom. The molecule has 1 atom stereocenters. The Bertz CT molecular complexity index is 1850. The van der Waals surface area contributed by atoms with Gasteiger partial charge < -0.3 is 46.1 Å². The third-order valence-corrected chi connectivity index (χ3v) is 10.7. The molecule has 0 aliphatic carbocycles. The highest BCUT2D eigenvalue weighted by Crippen LogP contribution is 2.16. The van der Waals surface area contributed by atoms with Crippen molar-refractivity contribution in [2.75, 3.05) is 72.0 Å². The predicted molar refractivity (Wildman–Crippen MR) is 239 cm³/mol. The second-order valence-electron chi connectivity index (χ2n) is 15.6. The van der Waals surface area contributed by atoms with E-state index >= 15 is 0 Å². The van der Waals surface area contributed by atoms with Crippen LogP contribution in [-0.4, -0.2) is 177 Å². The molecule has 1 heterocycles. The fraction of sp³-hybridized carbons (Fsp3) is 0.595. The lowest BCUT2D eigenvalue weighted by molar-refractivity contribution is -0.197. The van der Waals surface area contributed by atoms with E-state index in [0.717, 1.165) is 8.47 Å². The topological polar surface area (TPSA) is 327 Å². The Morgan fingerprint density at radius 3 is 1.83 bits per heavy atom. The van der Waals surface area contributed by atoms with Crippen molar-refractivity contribution in [3.05, 3.63) is 33.4 Å². The average molecular weight is 1050 g/mol. The molecule has 1 aromatic rings. The summed E-state index contributed by atoms with van der Waals surface area (Å²) in [6, 6.07) is 6.98. The SMILES string of the molecule is O=C(O)CC(CCN(CCN(CC(=O)O)CC(=O)N(CCCCNC(=O)c1cccc(I)c1)CC(=O)O)CC(=O)O)CC(=O)NCCCCNC(=O)CCCCC(=O)ON1C(=O)CCC1=O. The lowest BCUT2D eigenvalue weighted by Gasteiger charge is -2.28. The Hall–Kier alpha value is -5.76. The van der Waals surface area contributed by atoms with E-state index < -0.39 is 92.0 Å². The highest BCUT2D eigenvalue weighted by atomic mass is 127. The van der Waals surface area contributed by atoms with Crippen molar-refractivity contribution in [2.45, 2.75) is 83.5 Å². The molecule has 1 unspecified atom stereocenters. The van der Waals surface area contributed by atoms with Crippen molar-refractivity contribution in [3.8, 4) is 0 Å². The number of carboxylic acid groups (broad SMARTS) is 4. The van der Waals surface area contributed by atoms with Crippen molar-refractivity contribution in [3.63, 3.8) is 0 Å². The third kappa shape index (κ3) is 25.1. The molecule has 0 radical (unpaired) electrons. The van der Waals surface area contributed by atoms with E-state index in [4.69, 9.17) is 4.84 Å². The fourth-order valence-corrected chi connectivity index (χ4v) is 7.18. The van der Waals surface area contributed by atoms with Gasteiger partial charge in [-0.1, -0.05) is 6.07 Å². The maximum absolute atomic E-state index is 13.3. The van der Waals surface area contributed by atoms with Crippen molar-refractivity contribution in [1.82, 2.24) is 35.7 Å². The number of carboxylic acids is 4. The van der Waals surface area contributed by atoms with Crippen LogP contribution < -0.4 is 16.0 Å². The fourth-order valence-electron chi connectivity index (χ4n) is 6.63. The molecule has 2 rings (SSSR count). The molecule has 1 fully saturated rings. The summed E-state index contributed by atoms with van der Waals surface area (Å²) in [5.41, 5.74) is 0.478. The van der Waals surface area contributed by atoms with Crippen LogP contribution >= 0.6 is 22.6 Å². The van der Waals surface area contributed by atoms with Crippen LogP contribution in [0.15, 0.2) is 24.3 Å². The van der Waals surface area contributed by atoms with Crippen LogP contribution in [0.4, 0.5) is 0 Å². The number of imide groups is 1. The molecule has 0 aromatic heterocycles. The molecule has 66 heavy (non-hydrogen) atoms. The van der Waals surface area contributed by atoms with Gasteiger partial charge in [-0.25, -0.2) is 4.79 Å². The lowest BCUT2D eigenvalue weighted by atomic mass is 9.96. The zero-order valence-electron chi connectivity index (χ0n) is 36.7. The average Bonchev–Trinajstić information content (AvgIpc) is 3.55. The van der Waals surface area contributed by atoms with Crippen LogP contribution in [0.3, 0.4) is 0 Å². The van der Waals surface area contributed by atoms with Crippen LogP contribution in [0.2, 0.25) is 0 Å². The molecule has 23 nitrogen and oxygen atoms in total. The Balaban J connectivity index is 1.79. The summed E-state index contributed by atoms with van der Waals surface area (Å²) >= 11 is 2.09. The van der Waals surface area contributed by atoms with Gasteiger partial charge in [-0.15, -0.1) is 5.06 Å². The first-order valence-electron chi connectivity index (χ1n) is 21.6. The summed E-state index contributed by atoms with van der Waals surface area (Å²) < 4.78 is 0.885. The van der Waals surface area contributed by atoms with Gasteiger partial charge in [-0.05, 0) is 98.2 Å². The normalized spacial score (nSPS) is 12.7. The van der Waals surface area contributed by atoms with Gasteiger partial charge in [-0.3, -0.25) is 57.7 Å². The van der Waals surface area contributed by atoms with Crippen LogP contribution in [0, 0.1) is 9.49 Å². The number of rotatable bonds is 35. The highest BCUT2D eigenvalue weighted by molar-refractivity contribution is 14.1. The van der Waals surface area contributed by atoms with E-state index in [1.54, 1.807) is 18.2 Å². The van der Waals surface area contributed by atoms with E-state index in [-0.39, 0.29) is 89.6 Å². The Morgan fingerprint density at radius 2 is 1.21 bits per heavy atom. The molecule has 0 spiro atoms. The molecule has 1 aliphatic heterocycles. The molecule has 1 saturated heterocycles. The molecule has 7 N–H and O–H groups in total. The van der Waals surface area contributed by atoms with Crippen molar-refractivity contribution in [1.29, 1.82) is 0 Å². The van der Waals surface area contributed by atoms with E-state index in [1.165, 1.54) is 9.80 Å². The van der Waals surface area contributed by atoms with Crippen LogP contribution in [0.1, 0.15) is 93.8 Å². The molecule has 366 valence electrons. The van der Waals surface area contributed by atoms with Gasteiger partial charge in [0.15, 0.2) is 0 Å². The van der Waals surface area contributed by atoms with Gasteiger partial charge >= 0.3 is 29.8 Å². The van der Waals surface area contributed by atoms with Gasteiger partial charge in [0.1, 0.15) is 6.54 Å². The Kier molecular flexibility index (Phi) is 26.7. The molecular formula is C42H60IN7O16. The number of halogens is 1. The summed E-state index contributed by atoms with van der Waals surface area (Å²) in [7, 11) is 0. The number of hydroxylamine groups is 2. The van der Waals surface area contributed by atoms with Gasteiger partial charge in [0.05, 0.1) is 19.6 Å². The minimum Gasteiger partial charge on any atom is -0.481 e. The minimum absolute atomic E-state index is 0.00922. The first-order chi connectivity index (χ1) is 31.3. The number of amides is 6. The number of carbonyl (C=O) groups excluding carboxylic acids is 7. The number of nitrogens with zero attached hydrogens (tertiary/aromatic N) is 4. The molecule has 6 amide bonds. The summed E-state index contributed by atoms with van der Waals surface area (Å²) in [4.78, 5) is 141. The van der Waals surface area contributed by atoms with Crippen LogP contribution in [0.5, 0.6) is 0 Å². The number of benzene rings is 1. The van der Waals surface area contributed by atoms with E-state index in [2.05, 4.69) is 38.5 Å². The van der Waals surface area contributed by atoms with Crippen LogP contribution in [-0.2, 0) is 52.8 Å². The second kappa shape index (κ2) is 31.2. The zero-order valence-corrected chi connectivity index (χ0v) is 38.9. The number of carbonyl (C=O) groups is 11. The quantitative estimate of drug-likeness (QED) is 0.0277. The number of nitrogens with one attached hydrogen (secondary N) is 3. The monoisotopic (exact) mass is 1050 g/mol. The largest absolute Gasteiger partial charge is 0.481 e. The minimum atomic E-state index is -1.29. The number of aliphatic carboxylic acids is 4. The van der Waals surface area contributed by atoms with Gasteiger partial charge in [-0.2, -0.15) is 0 Å². The van der Waals surface area contributed by atoms with Gasteiger partial charge in [0.25, 0.3) is 17.7 Å². The van der Waals surface area contributed by atoms with E-state index in [9.17, 15) is 73.2 Å². The summed E-state index contributed by atoms with van der Waals surface area (Å²) in [5, 5.41) is 46.8. The number of hydrogen-bond acceptors (Lipinski definition) is 14. The molecule has 1 aromatic carbocycles. The first kappa shape index (κ1) is 56.4. The van der Waals surface area contributed by atoms with Crippen molar-refractivity contribution < 1.29 is 78.0 Å². The highest BCUT2D eigenvalue weighted by Gasteiger charge is 2.32. The van der Waals surface area contributed by atoms with Gasteiger partial charge in [0.2, 0.25) is 17.7 Å². The maximum atomic E-state index is 13.3. The molecule has 0 bridgehead atoms. The Labute approximate surface area is 395 Å². The molecule has 24 heteroatoms. The smallest absolute Gasteiger partial charge is 0.333 e. The van der Waals surface area contributed by atoms with Crippen LogP contribution in [0.25, 0.3) is 0 Å². The van der Waals surface area contributed by atoms with Gasteiger partial charge in [0, 0.05) is 86.9 Å². The molecular weight excluding hydrogens is 985 g/mol. The summed E-state index contributed by atoms with van der Waals surface area (Å²) in [6.45, 7) is -1.63. The maximum Gasteiger partial charge on any atom is 0.333 e. The molecule has 0 saturated carbocycles. The summed E-state index contributed by atoms with van der Waals surface area (Å²) in [5.74, 6) is -9.21. The predicted octanol–water partition coefficient (Wildman–Crippen LogP) is 0.539. The second-order valence-corrected chi connectivity index (χ2v) is 16.8. The zero-order chi connectivity index (χ0) is 49.0. The first-order valence-corrected chi connectivity index (χ1v) is 22.6.